The van der Waals surface area contributed by atoms with Gasteiger partial charge in [0.25, 0.3) is 0 Å². The maximum Gasteiger partial charge on any atom is 0.224 e. The number of hydrogen-bond acceptors (Lipinski definition) is 4. The third-order valence-electron chi connectivity index (χ3n) is 4.50. The molecule has 5 nitrogen and oxygen atoms in total. The molecular formula is C16H17N2O3-. The van der Waals surface area contributed by atoms with Crippen LogP contribution in [0.2, 0.25) is 0 Å². The molecule has 1 N–H and O–H groups in total. The molecule has 0 saturated heterocycles. The van der Waals surface area contributed by atoms with Gasteiger partial charge in [0.2, 0.25) is 5.91 Å². The molecule has 5 heteroatoms. The van der Waals surface area contributed by atoms with E-state index in [2.05, 4.69) is 10.3 Å². The number of rotatable bonds is 5. The minimum absolute atomic E-state index is 0.0406. The van der Waals surface area contributed by atoms with Crippen LogP contribution in [0.4, 0.5) is 0 Å². The zero-order valence-electron chi connectivity index (χ0n) is 11.6. The van der Waals surface area contributed by atoms with Gasteiger partial charge in [0.05, 0.1) is 5.92 Å². The van der Waals surface area contributed by atoms with Crippen LogP contribution in [0.3, 0.4) is 0 Å². The van der Waals surface area contributed by atoms with E-state index in [1.165, 1.54) is 0 Å². The molecule has 1 aromatic rings. The summed E-state index contributed by atoms with van der Waals surface area (Å²) in [5, 5.41) is 14.1. The van der Waals surface area contributed by atoms with Crippen molar-refractivity contribution in [3.8, 4) is 0 Å². The van der Waals surface area contributed by atoms with Crippen LogP contribution in [0.1, 0.15) is 12.0 Å². The Morgan fingerprint density at radius 2 is 1.86 bits per heavy atom. The fourth-order valence-electron chi connectivity index (χ4n) is 3.50. The van der Waals surface area contributed by atoms with Crippen molar-refractivity contribution in [2.24, 2.45) is 23.7 Å². The monoisotopic (exact) mass is 285 g/mol. The highest BCUT2D eigenvalue weighted by atomic mass is 16.4. The van der Waals surface area contributed by atoms with Gasteiger partial charge in [-0.1, -0.05) is 12.2 Å². The molecule has 0 aromatic carbocycles. The number of pyridine rings is 1. The molecular weight excluding hydrogens is 268 g/mol. The first-order valence-corrected chi connectivity index (χ1v) is 7.22. The van der Waals surface area contributed by atoms with Gasteiger partial charge in [-0.2, -0.15) is 0 Å². The lowest BCUT2D eigenvalue weighted by Gasteiger charge is -2.27. The fourth-order valence-corrected chi connectivity index (χ4v) is 3.50. The summed E-state index contributed by atoms with van der Waals surface area (Å²) >= 11 is 0. The van der Waals surface area contributed by atoms with Crippen LogP contribution in [-0.4, -0.2) is 23.4 Å². The lowest BCUT2D eigenvalue weighted by Crippen LogP contribution is -2.45. The van der Waals surface area contributed by atoms with Gasteiger partial charge in [0, 0.05) is 30.8 Å². The Morgan fingerprint density at radius 3 is 2.52 bits per heavy atom. The van der Waals surface area contributed by atoms with E-state index in [1.54, 1.807) is 12.4 Å². The minimum Gasteiger partial charge on any atom is -0.550 e. The first kappa shape index (κ1) is 13.8. The van der Waals surface area contributed by atoms with E-state index >= 15 is 0 Å². The molecule has 1 aromatic heterocycles. The molecule has 21 heavy (non-hydrogen) atoms. The van der Waals surface area contributed by atoms with E-state index in [-0.39, 0.29) is 17.7 Å². The van der Waals surface area contributed by atoms with Gasteiger partial charge in [0.1, 0.15) is 0 Å². The highest BCUT2D eigenvalue weighted by Gasteiger charge is 2.48. The quantitative estimate of drug-likeness (QED) is 0.768. The first-order chi connectivity index (χ1) is 10.2. The number of nitrogens with zero attached hydrogens (tertiary/aromatic N) is 1. The summed E-state index contributed by atoms with van der Waals surface area (Å²) in [6, 6.07) is 3.80. The molecule has 0 aliphatic heterocycles. The Kier molecular flexibility index (Phi) is 3.73. The average Bonchev–Trinajstić information content (AvgIpc) is 3.08. The van der Waals surface area contributed by atoms with Crippen molar-refractivity contribution in [1.29, 1.82) is 0 Å². The van der Waals surface area contributed by atoms with Crippen molar-refractivity contribution in [3.63, 3.8) is 0 Å². The standard InChI is InChI=1S/C16H18N2O3/c19-15(18-8-5-10-3-6-17-7-4-10)13-11-1-2-12(9-11)14(13)16(20)21/h1-4,6-7,11-14H,5,8-9H2,(H,18,19)(H,20,21)/p-1/t11-,12+,13-,14+/m1/s1. The van der Waals surface area contributed by atoms with Crippen LogP contribution in [0.25, 0.3) is 0 Å². The Hall–Kier alpha value is -2.17. The topological polar surface area (TPSA) is 82.1 Å². The lowest BCUT2D eigenvalue weighted by molar-refractivity contribution is -0.313. The van der Waals surface area contributed by atoms with Gasteiger partial charge in [-0.25, -0.2) is 0 Å². The zero-order chi connectivity index (χ0) is 14.8. The van der Waals surface area contributed by atoms with Crippen molar-refractivity contribution < 1.29 is 14.7 Å². The lowest BCUT2D eigenvalue weighted by atomic mass is 9.82. The van der Waals surface area contributed by atoms with Crippen LogP contribution in [0.15, 0.2) is 36.7 Å². The third-order valence-corrected chi connectivity index (χ3v) is 4.50. The molecule has 4 atom stereocenters. The number of nitrogens with one attached hydrogen (secondary N) is 1. The van der Waals surface area contributed by atoms with Crippen molar-refractivity contribution in [2.45, 2.75) is 12.8 Å². The molecule has 1 amide bonds. The SMILES string of the molecule is O=C([O-])[C@@H]1[C@H](C(=O)NCCc2ccncc2)[C@@H]2C=C[C@H]1C2. The second-order valence-corrected chi connectivity index (χ2v) is 5.72. The van der Waals surface area contributed by atoms with E-state index in [4.69, 9.17) is 0 Å². The second-order valence-electron chi connectivity index (χ2n) is 5.72. The molecule has 1 fully saturated rings. The van der Waals surface area contributed by atoms with E-state index < -0.39 is 17.8 Å². The zero-order valence-corrected chi connectivity index (χ0v) is 11.6. The van der Waals surface area contributed by atoms with E-state index in [1.807, 2.05) is 24.3 Å². The minimum atomic E-state index is -1.11. The maximum atomic E-state index is 12.3. The molecule has 1 saturated carbocycles. The highest BCUT2D eigenvalue weighted by molar-refractivity contribution is 5.86. The predicted octanol–water partition coefficient (Wildman–Crippen LogP) is -0.0715. The molecule has 2 bridgehead atoms. The predicted molar refractivity (Wildman–Crippen MR) is 73.7 cm³/mol. The van der Waals surface area contributed by atoms with Gasteiger partial charge in [-0.3, -0.25) is 9.78 Å². The van der Waals surface area contributed by atoms with Crippen molar-refractivity contribution in [3.05, 3.63) is 42.2 Å². The fraction of sp³-hybridized carbons (Fsp3) is 0.438. The summed E-state index contributed by atoms with van der Waals surface area (Å²) in [5.74, 6) is -2.45. The Labute approximate surface area is 123 Å². The second kappa shape index (κ2) is 5.68. The number of amides is 1. The molecule has 110 valence electrons. The van der Waals surface area contributed by atoms with Crippen LogP contribution < -0.4 is 10.4 Å². The molecule has 2 aliphatic rings. The van der Waals surface area contributed by atoms with Gasteiger partial charge in [-0.05, 0) is 42.4 Å². The smallest absolute Gasteiger partial charge is 0.224 e. The summed E-state index contributed by atoms with van der Waals surface area (Å²) in [5.41, 5.74) is 1.09. The number of aromatic nitrogens is 1. The van der Waals surface area contributed by atoms with Gasteiger partial charge in [0.15, 0.2) is 0 Å². The van der Waals surface area contributed by atoms with E-state index in [0.717, 1.165) is 12.0 Å². The number of carbonyl (C=O) groups is 2. The Morgan fingerprint density at radius 1 is 1.19 bits per heavy atom. The normalized spacial score (nSPS) is 29.5. The number of fused-ring (bicyclic) bond motifs is 2. The number of hydrogen-bond donors (Lipinski definition) is 1. The van der Waals surface area contributed by atoms with Gasteiger partial charge in [-0.15, -0.1) is 0 Å². The summed E-state index contributed by atoms with van der Waals surface area (Å²) < 4.78 is 0. The maximum absolute atomic E-state index is 12.3. The molecule has 2 aliphatic carbocycles. The van der Waals surface area contributed by atoms with Crippen LogP contribution >= 0.6 is 0 Å². The largest absolute Gasteiger partial charge is 0.550 e. The van der Waals surface area contributed by atoms with Crippen LogP contribution in [-0.2, 0) is 16.0 Å². The number of carbonyl (C=O) groups excluding carboxylic acids is 2. The average molecular weight is 285 g/mol. The van der Waals surface area contributed by atoms with E-state index in [0.29, 0.717) is 13.0 Å². The van der Waals surface area contributed by atoms with Crippen LogP contribution in [0, 0.1) is 23.7 Å². The highest BCUT2D eigenvalue weighted by Crippen LogP contribution is 2.47. The van der Waals surface area contributed by atoms with Crippen molar-refractivity contribution in [2.75, 3.05) is 6.54 Å². The van der Waals surface area contributed by atoms with Gasteiger partial charge < -0.3 is 15.2 Å². The number of allylic oxidation sites excluding steroid dienone is 2. The Balaban J connectivity index is 1.58. The summed E-state index contributed by atoms with van der Waals surface area (Å²) in [6.45, 7) is 0.500. The van der Waals surface area contributed by atoms with E-state index in [9.17, 15) is 14.7 Å². The molecule has 3 rings (SSSR count). The number of carboxylic acids is 1. The Bertz CT molecular complexity index is 570. The van der Waals surface area contributed by atoms with Gasteiger partial charge >= 0.3 is 0 Å². The summed E-state index contributed by atoms with van der Waals surface area (Å²) in [4.78, 5) is 27.5. The number of carboxylic acid groups (broad SMARTS) is 1. The van der Waals surface area contributed by atoms with Crippen molar-refractivity contribution in [1.82, 2.24) is 10.3 Å². The summed E-state index contributed by atoms with van der Waals surface area (Å²) in [6.07, 6.45) is 8.76. The molecule has 0 unspecified atom stereocenters. The number of aliphatic carboxylic acids is 1. The van der Waals surface area contributed by atoms with Crippen molar-refractivity contribution >= 4 is 11.9 Å². The van der Waals surface area contributed by atoms with Crippen LogP contribution in [0.5, 0.6) is 0 Å². The molecule has 0 radical (unpaired) electrons. The third kappa shape index (κ3) is 2.68. The summed E-state index contributed by atoms with van der Waals surface area (Å²) in [7, 11) is 0. The molecule has 1 heterocycles. The first-order valence-electron chi connectivity index (χ1n) is 7.22. The molecule has 0 spiro atoms.